The van der Waals surface area contributed by atoms with Gasteiger partial charge in [-0.2, -0.15) is 0 Å². The second kappa shape index (κ2) is 6.74. The van der Waals surface area contributed by atoms with Crippen LogP contribution in [0.3, 0.4) is 0 Å². The predicted molar refractivity (Wildman–Crippen MR) is 88.9 cm³/mol. The number of hydrogen-bond acceptors (Lipinski definition) is 5. The number of hydrogen-bond donors (Lipinski definition) is 1. The predicted octanol–water partition coefficient (Wildman–Crippen LogP) is 1.47. The molecule has 1 saturated heterocycles. The van der Waals surface area contributed by atoms with E-state index in [4.69, 9.17) is 9.47 Å². The average Bonchev–Trinajstić information content (AvgIpc) is 2.74. The van der Waals surface area contributed by atoms with Crippen LogP contribution < -0.4 is 10.1 Å². The molecule has 0 aromatic heterocycles. The van der Waals surface area contributed by atoms with Crippen LogP contribution in [0.4, 0.5) is 0 Å². The number of benzene rings is 1. The molecule has 3 rings (SSSR count). The standard InChI is InChI=1S/C18H22N2O5/c1-3-24-17(23)12(2)20-11-10-18(9-8-15(20)21)19-16(22)13-6-4-5-7-14(13)25-18/h4-7,12H,3,8-11H2,1-2H3,(H,19,22). The summed E-state index contributed by atoms with van der Waals surface area (Å²) in [5, 5.41) is 2.91. The molecule has 134 valence electrons. The van der Waals surface area contributed by atoms with Crippen molar-refractivity contribution in [3.63, 3.8) is 0 Å². The molecule has 1 aromatic rings. The average molecular weight is 346 g/mol. The largest absolute Gasteiger partial charge is 0.467 e. The summed E-state index contributed by atoms with van der Waals surface area (Å²) in [7, 11) is 0. The molecule has 2 atom stereocenters. The van der Waals surface area contributed by atoms with Gasteiger partial charge in [0.15, 0.2) is 5.72 Å². The molecule has 2 aliphatic heterocycles. The van der Waals surface area contributed by atoms with Crippen molar-refractivity contribution >= 4 is 17.8 Å². The Labute approximate surface area is 146 Å². The van der Waals surface area contributed by atoms with Gasteiger partial charge >= 0.3 is 5.97 Å². The third-order valence-electron chi connectivity index (χ3n) is 4.69. The van der Waals surface area contributed by atoms with Crippen LogP contribution in [0.15, 0.2) is 24.3 Å². The van der Waals surface area contributed by atoms with Crippen LogP contribution in [0, 0.1) is 0 Å². The number of esters is 1. The van der Waals surface area contributed by atoms with Gasteiger partial charge in [0, 0.05) is 25.8 Å². The van der Waals surface area contributed by atoms with E-state index in [1.165, 1.54) is 4.90 Å². The lowest BCUT2D eigenvalue weighted by Crippen LogP contribution is -2.56. The number of carbonyl (C=O) groups is 3. The Kier molecular flexibility index (Phi) is 4.65. The Morgan fingerprint density at radius 2 is 2.12 bits per heavy atom. The highest BCUT2D eigenvalue weighted by atomic mass is 16.5. The van der Waals surface area contributed by atoms with Crippen molar-refractivity contribution in [3.05, 3.63) is 29.8 Å². The zero-order valence-electron chi connectivity index (χ0n) is 14.4. The van der Waals surface area contributed by atoms with Crippen molar-refractivity contribution < 1.29 is 23.9 Å². The van der Waals surface area contributed by atoms with Crippen molar-refractivity contribution in [1.82, 2.24) is 10.2 Å². The highest BCUT2D eigenvalue weighted by Crippen LogP contribution is 2.34. The van der Waals surface area contributed by atoms with Gasteiger partial charge in [0.05, 0.1) is 12.2 Å². The molecule has 7 heteroatoms. The summed E-state index contributed by atoms with van der Waals surface area (Å²) in [6.07, 6.45) is 0.951. The fourth-order valence-corrected chi connectivity index (χ4v) is 3.28. The molecule has 0 bridgehead atoms. The molecular weight excluding hydrogens is 324 g/mol. The Morgan fingerprint density at radius 1 is 1.36 bits per heavy atom. The summed E-state index contributed by atoms with van der Waals surface area (Å²) in [6, 6.07) is 6.38. The van der Waals surface area contributed by atoms with Crippen LogP contribution in [0.25, 0.3) is 0 Å². The van der Waals surface area contributed by atoms with Crippen LogP contribution in [-0.2, 0) is 14.3 Å². The highest BCUT2D eigenvalue weighted by Gasteiger charge is 2.43. The number of nitrogens with zero attached hydrogens (tertiary/aromatic N) is 1. The molecule has 2 unspecified atom stereocenters. The summed E-state index contributed by atoms with van der Waals surface area (Å²) >= 11 is 0. The highest BCUT2D eigenvalue weighted by molar-refractivity contribution is 5.98. The van der Waals surface area contributed by atoms with Crippen molar-refractivity contribution in [3.8, 4) is 5.75 Å². The molecular formula is C18H22N2O5. The van der Waals surface area contributed by atoms with Gasteiger partial charge in [-0.1, -0.05) is 12.1 Å². The fraction of sp³-hybridized carbons (Fsp3) is 0.500. The summed E-state index contributed by atoms with van der Waals surface area (Å²) in [6.45, 7) is 3.96. The SMILES string of the molecule is CCOC(=O)C(C)N1CCC2(CCC1=O)NC(=O)c1ccccc1O2. The van der Waals surface area contributed by atoms with Crippen molar-refractivity contribution in [2.45, 2.75) is 44.9 Å². The molecule has 0 aliphatic carbocycles. The number of nitrogens with one attached hydrogen (secondary N) is 1. The smallest absolute Gasteiger partial charge is 0.328 e. The van der Waals surface area contributed by atoms with Gasteiger partial charge in [-0.05, 0) is 26.0 Å². The molecule has 1 fully saturated rings. The van der Waals surface area contributed by atoms with E-state index in [-0.39, 0.29) is 24.8 Å². The number of carbonyl (C=O) groups excluding carboxylic acids is 3. The maximum Gasteiger partial charge on any atom is 0.328 e. The van der Waals surface area contributed by atoms with E-state index in [0.29, 0.717) is 30.7 Å². The molecule has 25 heavy (non-hydrogen) atoms. The lowest BCUT2D eigenvalue weighted by Gasteiger charge is -2.38. The number of para-hydroxylation sites is 1. The number of rotatable bonds is 3. The number of ether oxygens (including phenoxy) is 2. The van der Waals surface area contributed by atoms with E-state index in [1.54, 1.807) is 32.0 Å². The quantitative estimate of drug-likeness (QED) is 0.838. The van der Waals surface area contributed by atoms with Gasteiger partial charge in [-0.25, -0.2) is 4.79 Å². The number of likely N-dealkylation sites (tertiary alicyclic amines) is 1. The third kappa shape index (κ3) is 3.31. The summed E-state index contributed by atoms with van der Waals surface area (Å²) in [5.41, 5.74) is -0.440. The van der Waals surface area contributed by atoms with Crippen molar-refractivity contribution in [2.75, 3.05) is 13.2 Å². The maximum atomic E-state index is 12.5. The van der Waals surface area contributed by atoms with Crippen LogP contribution in [0.1, 0.15) is 43.5 Å². The zero-order valence-corrected chi connectivity index (χ0v) is 14.4. The Hall–Kier alpha value is -2.57. The lowest BCUT2D eigenvalue weighted by atomic mass is 10.0. The molecule has 1 spiro atoms. The van der Waals surface area contributed by atoms with Crippen LogP contribution in [0.5, 0.6) is 5.75 Å². The van der Waals surface area contributed by atoms with E-state index in [1.807, 2.05) is 6.07 Å². The van der Waals surface area contributed by atoms with Gasteiger partial charge in [-0.3, -0.25) is 9.59 Å². The molecule has 0 radical (unpaired) electrons. The molecule has 1 aromatic carbocycles. The molecule has 1 N–H and O–H groups in total. The first-order valence-electron chi connectivity index (χ1n) is 8.52. The second-order valence-corrected chi connectivity index (χ2v) is 6.31. The minimum atomic E-state index is -0.926. The summed E-state index contributed by atoms with van der Waals surface area (Å²) in [5.74, 6) is -0.258. The van der Waals surface area contributed by atoms with Crippen LogP contribution in [0.2, 0.25) is 0 Å². The summed E-state index contributed by atoms with van der Waals surface area (Å²) < 4.78 is 11.1. The van der Waals surface area contributed by atoms with E-state index >= 15 is 0 Å². The molecule has 2 heterocycles. The van der Waals surface area contributed by atoms with E-state index in [9.17, 15) is 14.4 Å². The van der Waals surface area contributed by atoms with E-state index in [2.05, 4.69) is 5.32 Å². The Balaban J connectivity index is 1.78. The van der Waals surface area contributed by atoms with E-state index in [0.717, 1.165) is 0 Å². The second-order valence-electron chi connectivity index (χ2n) is 6.31. The first kappa shape index (κ1) is 17.3. The normalized spacial score (nSPS) is 24.0. The first-order valence-corrected chi connectivity index (χ1v) is 8.52. The fourth-order valence-electron chi connectivity index (χ4n) is 3.28. The molecule has 2 amide bonds. The lowest BCUT2D eigenvalue weighted by molar-refractivity contribution is -0.153. The molecule has 0 saturated carbocycles. The Morgan fingerprint density at radius 3 is 2.88 bits per heavy atom. The van der Waals surface area contributed by atoms with Gasteiger partial charge in [-0.15, -0.1) is 0 Å². The molecule has 7 nitrogen and oxygen atoms in total. The van der Waals surface area contributed by atoms with Crippen LogP contribution in [-0.4, -0.2) is 47.6 Å². The van der Waals surface area contributed by atoms with Gasteiger partial charge in [0.1, 0.15) is 11.8 Å². The minimum Gasteiger partial charge on any atom is -0.467 e. The van der Waals surface area contributed by atoms with Gasteiger partial charge in [0.25, 0.3) is 5.91 Å². The zero-order chi connectivity index (χ0) is 18.0. The topological polar surface area (TPSA) is 84.9 Å². The monoisotopic (exact) mass is 346 g/mol. The van der Waals surface area contributed by atoms with Gasteiger partial charge in [0.2, 0.25) is 5.91 Å². The Bertz CT molecular complexity index is 704. The van der Waals surface area contributed by atoms with Crippen molar-refractivity contribution in [1.29, 1.82) is 0 Å². The minimum absolute atomic E-state index is 0.144. The number of fused-ring (bicyclic) bond motifs is 1. The number of amides is 2. The summed E-state index contributed by atoms with van der Waals surface area (Å²) in [4.78, 5) is 38.3. The maximum absolute atomic E-state index is 12.5. The third-order valence-corrected chi connectivity index (χ3v) is 4.69. The first-order chi connectivity index (χ1) is 12.0. The van der Waals surface area contributed by atoms with Gasteiger partial charge < -0.3 is 19.7 Å². The molecule has 2 aliphatic rings. The van der Waals surface area contributed by atoms with Crippen LogP contribution >= 0.6 is 0 Å². The van der Waals surface area contributed by atoms with E-state index < -0.39 is 17.7 Å². The van der Waals surface area contributed by atoms with Crippen molar-refractivity contribution in [2.24, 2.45) is 0 Å².